The number of anilines is 1. The van der Waals surface area contributed by atoms with Crippen LogP contribution in [-0.2, 0) is 4.79 Å². The van der Waals surface area contributed by atoms with Gasteiger partial charge in [0, 0.05) is 31.8 Å². The van der Waals surface area contributed by atoms with Gasteiger partial charge in [0.1, 0.15) is 11.5 Å². The number of fused-ring (bicyclic) bond motifs is 1. The van der Waals surface area contributed by atoms with E-state index in [9.17, 15) is 13.6 Å². The second-order valence-electron chi connectivity index (χ2n) is 6.74. The number of halogens is 2. The van der Waals surface area contributed by atoms with Crippen molar-refractivity contribution >= 4 is 32.6 Å². The highest BCUT2D eigenvalue weighted by Gasteiger charge is 2.37. The van der Waals surface area contributed by atoms with Gasteiger partial charge >= 0.3 is 0 Å². The lowest BCUT2D eigenvalue weighted by Crippen LogP contribution is -2.48. The summed E-state index contributed by atoms with van der Waals surface area (Å²) in [7, 11) is 0. The van der Waals surface area contributed by atoms with Crippen molar-refractivity contribution in [3.8, 4) is 0 Å². The summed E-state index contributed by atoms with van der Waals surface area (Å²) < 4.78 is 28.9. The number of carbonyl (C=O) groups is 1. The van der Waals surface area contributed by atoms with E-state index < -0.39 is 5.67 Å². The molecule has 2 heterocycles. The van der Waals surface area contributed by atoms with Crippen LogP contribution in [-0.4, -0.2) is 36.2 Å². The van der Waals surface area contributed by atoms with E-state index in [1.165, 1.54) is 23.5 Å². The SMILES string of the molecule is O=C(NCC1(F)CCN(c2nc3ccc(F)cc3s2)CC1)C1CC1. The summed E-state index contributed by atoms with van der Waals surface area (Å²) in [4.78, 5) is 18.2. The van der Waals surface area contributed by atoms with E-state index in [-0.39, 0.29) is 24.2 Å². The predicted molar refractivity (Wildman–Crippen MR) is 90.6 cm³/mol. The maximum Gasteiger partial charge on any atom is 0.223 e. The molecular weight excluding hydrogens is 332 g/mol. The first-order valence-electron chi connectivity index (χ1n) is 8.30. The summed E-state index contributed by atoms with van der Waals surface area (Å²) in [6, 6.07) is 4.55. The summed E-state index contributed by atoms with van der Waals surface area (Å²) in [5.74, 6) is -0.176. The van der Waals surface area contributed by atoms with Gasteiger partial charge in [-0.05, 0) is 31.0 Å². The molecule has 1 saturated heterocycles. The first kappa shape index (κ1) is 15.7. The highest BCUT2D eigenvalue weighted by molar-refractivity contribution is 7.22. The van der Waals surface area contributed by atoms with Gasteiger partial charge < -0.3 is 10.2 Å². The molecule has 1 aliphatic heterocycles. The average molecular weight is 351 g/mol. The van der Waals surface area contributed by atoms with Crippen LogP contribution in [0, 0.1) is 11.7 Å². The second-order valence-corrected chi connectivity index (χ2v) is 7.75. The van der Waals surface area contributed by atoms with Crippen LogP contribution in [0.4, 0.5) is 13.9 Å². The number of alkyl halides is 1. The highest BCUT2D eigenvalue weighted by atomic mass is 32.1. The van der Waals surface area contributed by atoms with Crippen molar-refractivity contribution in [3.63, 3.8) is 0 Å². The summed E-state index contributed by atoms with van der Waals surface area (Å²) in [6.45, 7) is 1.21. The predicted octanol–water partition coefficient (Wildman–Crippen LogP) is 3.27. The molecular formula is C17H19F2N3OS. The van der Waals surface area contributed by atoms with E-state index in [0.29, 0.717) is 25.9 Å². The molecule has 2 aliphatic rings. The van der Waals surface area contributed by atoms with Crippen molar-refractivity contribution < 1.29 is 13.6 Å². The van der Waals surface area contributed by atoms with Crippen LogP contribution in [0.15, 0.2) is 18.2 Å². The van der Waals surface area contributed by atoms with Gasteiger partial charge in [0.05, 0.1) is 16.8 Å². The summed E-state index contributed by atoms with van der Waals surface area (Å²) in [5.41, 5.74) is -0.575. The van der Waals surface area contributed by atoms with Crippen LogP contribution >= 0.6 is 11.3 Å². The molecule has 7 heteroatoms. The molecule has 4 nitrogen and oxygen atoms in total. The Balaban J connectivity index is 1.38. The molecule has 0 spiro atoms. The lowest BCUT2D eigenvalue weighted by Gasteiger charge is -2.36. The van der Waals surface area contributed by atoms with E-state index in [2.05, 4.69) is 10.3 Å². The smallest absolute Gasteiger partial charge is 0.223 e. The Labute approximate surface area is 142 Å². The number of benzene rings is 1. The maximum atomic E-state index is 14.9. The summed E-state index contributed by atoms with van der Waals surface area (Å²) in [6.07, 6.45) is 2.58. The molecule has 0 unspecified atom stereocenters. The minimum atomic E-state index is -1.34. The molecule has 2 fully saturated rings. The van der Waals surface area contributed by atoms with Gasteiger partial charge in [-0.15, -0.1) is 0 Å². The first-order chi connectivity index (χ1) is 11.5. The molecule has 1 aromatic heterocycles. The summed E-state index contributed by atoms with van der Waals surface area (Å²) >= 11 is 1.43. The van der Waals surface area contributed by atoms with Crippen LogP contribution < -0.4 is 10.2 Å². The number of rotatable bonds is 4. The third-order valence-corrected chi connectivity index (χ3v) is 5.88. The molecule has 2 aromatic rings. The van der Waals surface area contributed by atoms with Crippen molar-refractivity contribution in [3.05, 3.63) is 24.0 Å². The van der Waals surface area contributed by atoms with Crippen molar-refractivity contribution in [1.82, 2.24) is 10.3 Å². The van der Waals surface area contributed by atoms with Crippen molar-refractivity contribution in [1.29, 1.82) is 0 Å². The zero-order valence-corrected chi connectivity index (χ0v) is 14.0. The monoisotopic (exact) mass is 351 g/mol. The molecule has 1 aromatic carbocycles. The van der Waals surface area contributed by atoms with Crippen LogP contribution in [0.2, 0.25) is 0 Å². The number of hydrogen-bond acceptors (Lipinski definition) is 4. The van der Waals surface area contributed by atoms with Gasteiger partial charge in [-0.3, -0.25) is 4.79 Å². The highest BCUT2D eigenvalue weighted by Crippen LogP contribution is 2.34. The van der Waals surface area contributed by atoms with Crippen molar-refractivity contribution in [2.24, 2.45) is 5.92 Å². The molecule has 24 heavy (non-hydrogen) atoms. The molecule has 0 radical (unpaired) electrons. The molecule has 1 amide bonds. The quantitative estimate of drug-likeness (QED) is 0.920. The molecule has 1 N–H and O–H groups in total. The van der Waals surface area contributed by atoms with E-state index in [1.807, 2.05) is 4.90 Å². The molecule has 0 bridgehead atoms. The molecule has 1 aliphatic carbocycles. The van der Waals surface area contributed by atoms with E-state index in [1.54, 1.807) is 6.07 Å². The number of nitrogens with one attached hydrogen (secondary N) is 1. The van der Waals surface area contributed by atoms with Gasteiger partial charge in [0.15, 0.2) is 5.13 Å². The van der Waals surface area contributed by atoms with Crippen LogP contribution in [0.1, 0.15) is 25.7 Å². The van der Waals surface area contributed by atoms with E-state index in [0.717, 1.165) is 28.2 Å². The van der Waals surface area contributed by atoms with Crippen LogP contribution in [0.5, 0.6) is 0 Å². The van der Waals surface area contributed by atoms with E-state index in [4.69, 9.17) is 0 Å². The summed E-state index contributed by atoms with van der Waals surface area (Å²) in [5, 5.41) is 3.56. The Morgan fingerprint density at radius 2 is 2.12 bits per heavy atom. The second kappa shape index (κ2) is 5.95. The van der Waals surface area contributed by atoms with Crippen LogP contribution in [0.3, 0.4) is 0 Å². The fourth-order valence-electron chi connectivity index (χ4n) is 3.03. The zero-order chi connectivity index (χ0) is 16.7. The maximum absolute atomic E-state index is 14.9. The molecule has 1 saturated carbocycles. The topological polar surface area (TPSA) is 45.2 Å². The average Bonchev–Trinajstić information content (AvgIpc) is 3.33. The number of nitrogens with zero attached hydrogens (tertiary/aromatic N) is 2. The Morgan fingerprint density at radius 3 is 2.83 bits per heavy atom. The normalized spacial score (nSPS) is 20.3. The zero-order valence-electron chi connectivity index (χ0n) is 13.2. The fourth-order valence-corrected chi connectivity index (χ4v) is 4.07. The lowest BCUT2D eigenvalue weighted by molar-refractivity contribution is -0.123. The Morgan fingerprint density at radius 1 is 1.38 bits per heavy atom. The number of thiazole rings is 1. The Hall–Kier alpha value is -1.76. The minimum Gasteiger partial charge on any atom is -0.353 e. The number of piperidine rings is 1. The van der Waals surface area contributed by atoms with Crippen molar-refractivity contribution in [2.45, 2.75) is 31.4 Å². The van der Waals surface area contributed by atoms with E-state index >= 15 is 0 Å². The first-order valence-corrected chi connectivity index (χ1v) is 9.12. The van der Waals surface area contributed by atoms with Gasteiger partial charge in [0.2, 0.25) is 5.91 Å². The Kier molecular flexibility index (Phi) is 3.90. The van der Waals surface area contributed by atoms with Gasteiger partial charge in [-0.25, -0.2) is 13.8 Å². The standard InChI is InChI=1S/C17H19F2N3OS/c18-12-3-4-13-14(9-12)24-16(21-13)22-7-5-17(19,6-8-22)10-20-15(23)11-1-2-11/h3-4,9,11H,1-2,5-8,10H2,(H,20,23). The van der Waals surface area contributed by atoms with Gasteiger partial charge in [-0.2, -0.15) is 0 Å². The third kappa shape index (κ3) is 3.22. The fraction of sp³-hybridized carbons (Fsp3) is 0.529. The Bertz CT molecular complexity index is 766. The number of aromatic nitrogens is 1. The lowest BCUT2D eigenvalue weighted by atomic mass is 9.93. The third-order valence-electron chi connectivity index (χ3n) is 4.80. The number of hydrogen-bond donors (Lipinski definition) is 1. The molecule has 0 atom stereocenters. The number of amides is 1. The molecule has 128 valence electrons. The molecule has 4 rings (SSSR count). The van der Waals surface area contributed by atoms with Gasteiger partial charge in [0.25, 0.3) is 0 Å². The van der Waals surface area contributed by atoms with Gasteiger partial charge in [-0.1, -0.05) is 11.3 Å². The minimum absolute atomic E-state index is 0.0114. The van der Waals surface area contributed by atoms with Crippen molar-refractivity contribution in [2.75, 3.05) is 24.5 Å². The number of carbonyl (C=O) groups excluding carboxylic acids is 1. The van der Waals surface area contributed by atoms with Crippen LogP contribution in [0.25, 0.3) is 10.2 Å². The largest absolute Gasteiger partial charge is 0.353 e.